The average Bonchev–Trinajstić information content (AvgIpc) is 2.69. The minimum atomic E-state index is -0.952. The summed E-state index contributed by atoms with van der Waals surface area (Å²) >= 11 is 0. The number of benzene rings is 1. The van der Waals surface area contributed by atoms with Crippen LogP contribution >= 0.6 is 0 Å². The summed E-state index contributed by atoms with van der Waals surface area (Å²) in [7, 11) is 0. The van der Waals surface area contributed by atoms with Gasteiger partial charge in [0.2, 0.25) is 0 Å². The molecule has 3 rings (SSSR count). The van der Waals surface area contributed by atoms with Crippen molar-refractivity contribution in [3.63, 3.8) is 0 Å². The van der Waals surface area contributed by atoms with Crippen LogP contribution < -0.4 is 0 Å². The molecule has 0 atom stereocenters. The highest BCUT2D eigenvalue weighted by Crippen LogP contribution is 2.33. The van der Waals surface area contributed by atoms with Gasteiger partial charge in [-0.25, -0.2) is 9.78 Å². The van der Waals surface area contributed by atoms with Crippen LogP contribution in [0.15, 0.2) is 24.5 Å². The maximum Gasteiger partial charge on any atom is 0.335 e. The number of hydrogen-bond donors (Lipinski definition) is 2. The molecule has 0 amide bonds. The second kappa shape index (κ2) is 3.81. The average molecular weight is 246 g/mol. The molecular formula is C13H14N2O3. The molecule has 1 saturated carbocycles. The van der Waals surface area contributed by atoms with Gasteiger partial charge in [0.25, 0.3) is 0 Å². The third-order valence-corrected chi connectivity index (χ3v) is 3.62. The smallest absolute Gasteiger partial charge is 0.335 e. The zero-order valence-corrected chi connectivity index (χ0v) is 9.83. The summed E-state index contributed by atoms with van der Waals surface area (Å²) in [4.78, 5) is 15.2. The molecular weight excluding hydrogens is 232 g/mol. The van der Waals surface area contributed by atoms with Crippen molar-refractivity contribution >= 4 is 17.0 Å². The van der Waals surface area contributed by atoms with Gasteiger partial charge in [-0.15, -0.1) is 0 Å². The molecule has 5 nitrogen and oxygen atoms in total. The predicted octanol–water partition coefficient (Wildman–Crippen LogP) is 1.65. The molecule has 94 valence electrons. The Labute approximate surface area is 104 Å². The first kappa shape index (κ1) is 11.2. The van der Waals surface area contributed by atoms with E-state index < -0.39 is 11.6 Å². The van der Waals surface area contributed by atoms with Crippen LogP contribution in [0.4, 0.5) is 0 Å². The lowest BCUT2D eigenvalue weighted by Crippen LogP contribution is -2.40. The van der Waals surface area contributed by atoms with Crippen LogP contribution in [-0.2, 0) is 6.54 Å². The van der Waals surface area contributed by atoms with Crippen molar-refractivity contribution in [1.82, 2.24) is 9.55 Å². The summed E-state index contributed by atoms with van der Waals surface area (Å²) < 4.78 is 1.83. The number of aromatic carboxylic acids is 1. The Kier molecular flexibility index (Phi) is 2.38. The molecule has 1 aromatic heterocycles. The second-order valence-electron chi connectivity index (χ2n) is 4.96. The molecule has 1 aliphatic carbocycles. The zero-order chi connectivity index (χ0) is 12.8. The van der Waals surface area contributed by atoms with Crippen LogP contribution in [0.3, 0.4) is 0 Å². The molecule has 1 heterocycles. The monoisotopic (exact) mass is 246 g/mol. The van der Waals surface area contributed by atoms with E-state index in [0.717, 1.165) is 30.3 Å². The third-order valence-electron chi connectivity index (χ3n) is 3.62. The Bertz CT molecular complexity index is 614. The quantitative estimate of drug-likeness (QED) is 0.863. The summed E-state index contributed by atoms with van der Waals surface area (Å²) in [5, 5.41) is 19.1. The van der Waals surface area contributed by atoms with Crippen LogP contribution in [0.25, 0.3) is 11.0 Å². The first-order valence-corrected chi connectivity index (χ1v) is 5.98. The van der Waals surface area contributed by atoms with Gasteiger partial charge in [0.1, 0.15) is 0 Å². The number of rotatable bonds is 3. The number of carboxylic acids is 1. The lowest BCUT2D eigenvalue weighted by molar-refractivity contribution is -0.0464. The second-order valence-corrected chi connectivity index (χ2v) is 4.96. The van der Waals surface area contributed by atoms with Gasteiger partial charge in [-0.3, -0.25) is 0 Å². The van der Waals surface area contributed by atoms with E-state index >= 15 is 0 Å². The highest BCUT2D eigenvalue weighted by atomic mass is 16.4. The van der Waals surface area contributed by atoms with Crippen molar-refractivity contribution in [2.75, 3.05) is 0 Å². The predicted molar refractivity (Wildman–Crippen MR) is 65.5 cm³/mol. The van der Waals surface area contributed by atoms with Crippen molar-refractivity contribution in [2.45, 2.75) is 31.4 Å². The van der Waals surface area contributed by atoms with Crippen LogP contribution in [0.1, 0.15) is 29.6 Å². The third kappa shape index (κ3) is 1.76. The fourth-order valence-corrected chi connectivity index (χ4v) is 2.38. The first-order valence-electron chi connectivity index (χ1n) is 5.98. The number of imidazole rings is 1. The molecule has 0 unspecified atom stereocenters. The molecule has 0 spiro atoms. The minimum Gasteiger partial charge on any atom is -0.478 e. The molecule has 1 aromatic carbocycles. The molecule has 1 fully saturated rings. The van der Waals surface area contributed by atoms with E-state index in [1.165, 1.54) is 0 Å². The van der Waals surface area contributed by atoms with E-state index in [0.29, 0.717) is 6.54 Å². The normalized spacial score (nSPS) is 17.6. The van der Waals surface area contributed by atoms with Crippen molar-refractivity contribution in [3.05, 3.63) is 30.1 Å². The number of carboxylic acid groups (broad SMARTS) is 1. The van der Waals surface area contributed by atoms with Gasteiger partial charge >= 0.3 is 5.97 Å². The Morgan fingerprint density at radius 3 is 2.83 bits per heavy atom. The summed E-state index contributed by atoms with van der Waals surface area (Å²) in [5.41, 5.74) is 1.11. The zero-order valence-electron chi connectivity index (χ0n) is 9.83. The molecule has 0 radical (unpaired) electrons. The molecule has 2 N–H and O–H groups in total. The largest absolute Gasteiger partial charge is 0.478 e. The van der Waals surface area contributed by atoms with E-state index in [1.807, 2.05) is 4.57 Å². The van der Waals surface area contributed by atoms with E-state index in [9.17, 15) is 9.90 Å². The van der Waals surface area contributed by atoms with E-state index in [2.05, 4.69) is 4.98 Å². The molecule has 2 aromatic rings. The van der Waals surface area contributed by atoms with Gasteiger partial charge in [-0.1, -0.05) is 0 Å². The standard InChI is InChI=1S/C13H14N2O3/c16-12(17)9-2-3-10-11(6-9)15(8-14-10)7-13(18)4-1-5-13/h2-3,6,8,18H,1,4-5,7H2,(H,16,17). The molecule has 0 bridgehead atoms. The maximum atomic E-state index is 11.0. The lowest BCUT2D eigenvalue weighted by Gasteiger charge is -2.36. The number of fused-ring (bicyclic) bond motifs is 1. The first-order chi connectivity index (χ1) is 8.57. The van der Waals surface area contributed by atoms with Crippen molar-refractivity contribution in [1.29, 1.82) is 0 Å². The fourth-order valence-electron chi connectivity index (χ4n) is 2.38. The van der Waals surface area contributed by atoms with Gasteiger partial charge in [-0.2, -0.15) is 0 Å². The summed E-state index contributed by atoms with van der Waals surface area (Å²) in [6.07, 6.45) is 4.30. The Balaban J connectivity index is 2.01. The van der Waals surface area contributed by atoms with E-state index in [4.69, 9.17) is 5.11 Å². The van der Waals surface area contributed by atoms with Crippen molar-refractivity contribution in [3.8, 4) is 0 Å². The fraction of sp³-hybridized carbons (Fsp3) is 0.385. The van der Waals surface area contributed by atoms with Gasteiger partial charge in [0.05, 0.1) is 35.1 Å². The number of aliphatic hydroxyl groups is 1. The molecule has 5 heteroatoms. The van der Waals surface area contributed by atoms with Gasteiger partial charge in [-0.05, 0) is 37.5 Å². The van der Waals surface area contributed by atoms with Crippen LogP contribution in [0.2, 0.25) is 0 Å². The number of aromatic nitrogens is 2. The van der Waals surface area contributed by atoms with Gasteiger partial charge < -0.3 is 14.8 Å². The minimum absolute atomic E-state index is 0.241. The summed E-state index contributed by atoms with van der Waals surface area (Å²) in [5.74, 6) is -0.952. The SMILES string of the molecule is O=C(O)c1ccc2ncn(CC3(O)CCC3)c2c1. The highest BCUT2D eigenvalue weighted by Gasteiger charge is 2.34. The molecule has 0 aliphatic heterocycles. The van der Waals surface area contributed by atoms with Crippen LogP contribution in [0, 0.1) is 0 Å². The topological polar surface area (TPSA) is 75.3 Å². The van der Waals surface area contributed by atoms with Crippen molar-refractivity contribution < 1.29 is 15.0 Å². The molecule has 18 heavy (non-hydrogen) atoms. The van der Waals surface area contributed by atoms with Crippen LogP contribution in [0.5, 0.6) is 0 Å². The lowest BCUT2D eigenvalue weighted by atomic mass is 9.80. The Morgan fingerprint density at radius 1 is 1.44 bits per heavy atom. The van der Waals surface area contributed by atoms with E-state index in [-0.39, 0.29) is 5.56 Å². The number of nitrogens with zero attached hydrogens (tertiary/aromatic N) is 2. The summed E-state index contributed by atoms with van der Waals surface area (Å²) in [6.45, 7) is 0.479. The highest BCUT2D eigenvalue weighted by molar-refractivity contribution is 5.92. The van der Waals surface area contributed by atoms with Crippen LogP contribution in [-0.4, -0.2) is 31.3 Å². The molecule has 1 aliphatic rings. The van der Waals surface area contributed by atoms with Gasteiger partial charge in [0.15, 0.2) is 0 Å². The number of hydrogen-bond acceptors (Lipinski definition) is 3. The Hall–Kier alpha value is -1.88. The maximum absolute atomic E-state index is 11.0. The molecule has 0 saturated heterocycles. The Morgan fingerprint density at radius 2 is 2.22 bits per heavy atom. The van der Waals surface area contributed by atoms with E-state index in [1.54, 1.807) is 24.5 Å². The van der Waals surface area contributed by atoms with Gasteiger partial charge in [0, 0.05) is 0 Å². The number of carbonyl (C=O) groups is 1. The summed E-state index contributed by atoms with van der Waals surface area (Å²) in [6, 6.07) is 4.84. The van der Waals surface area contributed by atoms with Crippen molar-refractivity contribution in [2.24, 2.45) is 0 Å².